The monoisotopic (exact) mass is 415 g/mol. The number of hydrogen-bond donors (Lipinski definition) is 1. The molecule has 1 saturated heterocycles. The molecule has 1 aromatic carbocycles. The van der Waals surface area contributed by atoms with Gasteiger partial charge in [0.05, 0.1) is 29.8 Å². The summed E-state index contributed by atoms with van der Waals surface area (Å²) >= 11 is 1.67. The maximum Gasteiger partial charge on any atom is 0.308 e. The number of amides is 1. The Bertz CT molecular complexity index is 801. The summed E-state index contributed by atoms with van der Waals surface area (Å²) in [5.41, 5.74) is 2.03. The van der Waals surface area contributed by atoms with Gasteiger partial charge in [0, 0.05) is 17.8 Å². The van der Waals surface area contributed by atoms with Crippen molar-refractivity contribution in [3.8, 4) is 0 Å². The molecule has 1 aliphatic heterocycles. The van der Waals surface area contributed by atoms with E-state index in [1.54, 1.807) is 18.3 Å². The Morgan fingerprint density at radius 3 is 2.62 bits per heavy atom. The molecule has 1 N–H and O–H groups in total. The van der Waals surface area contributed by atoms with Gasteiger partial charge in [0.2, 0.25) is 5.91 Å². The van der Waals surface area contributed by atoms with E-state index in [-0.39, 0.29) is 30.3 Å². The summed E-state index contributed by atoms with van der Waals surface area (Å²) in [6.07, 6.45) is 1.78. The standard InChI is InChI=1S/C22H29N3O3S/c1-3-28-21(26)13-20(17-7-5-4-6-8-17)24-22(27)18-9-11-25(12-10-18)14-19-15-29-16(2)23-19/h4-8,15,18,20H,3,9-14H2,1-2H3,(H,24,27). The number of esters is 1. The summed E-state index contributed by atoms with van der Waals surface area (Å²) in [7, 11) is 0. The minimum Gasteiger partial charge on any atom is -0.466 e. The molecular formula is C22H29N3O3S. The normalized spacial score (nSPS) is 16.3. The first-order valence-electron chi connectivity index (χ1n) is 10.2. The van der Waals surface area contributed by atoms with E-state index in [2.05, 4.69) is 20.6 Å². The van der Waals surface area contributed by atoms with E-state index in [4.69, 9.17) is 4.74 Å². The quantitative estimate of drug-likeness (QED) is 0.669. The number of thiazole rings is 1. The fourth-order valence-electron chi connectivity index (χ4n) is 3.68. The highest BCUT2D eigenvalue weighted by molar-refractivity contribution is 7.09. The maximum atomic E-state index is 12.9. The number of ether oxygens (including phenoxy) is 1. The van der Waals surface area contributed by atoms with Gasteiger partial charge in [0.25, 0.3) is 0 Å². The van der Waals surface area contributed by atoms with E-state index in [0.29, 0.717) is 6.61 Å². The highest BCUT2D eigenvalue weighted by Crippen LogP contribution is 2.23. The van der Waals surface area contributed by atoms with Gasteiger partial charge in [-0.25, -0.2) is 4.98 Å². The lowest BCUT2D eigenvalue weighted by atomic mass is 9.94. The lowest BCUT2D eigenvalue weighted by Gasteiger charge is -2.31. The fraction of sp³-hybridized carbons (Fsp3) is 0.500. The minimum atomic E-state index is -0.362. The molecule has 1 aliphatic rings. The van der Waals surface area contributed by atoms with Crippen molar-refractivity contribution in [2.45, 2.75) is 45.7 Å². The zero-order chi connectivity index (χ0) is 20.6. The molecule has 6 nitrogen and oxygen atoms in total. The second-order valence-corrected chi connectivity index (χ2v) is 8.45. The zero-order valence-electron chi connectivity index (χ0n) is 17.1. The predicted octanol–water partition coefficient (Wildman–Crippen LogP) is 3.47. The lowest BCUT2D eigenvalue weighted by molar-refractivity contribution is -0.144. The molecule has 29 heavy (non-hydrogen) atoms. The van der Waals surface area contributed by atoms with Crippen molar-refractivity contribution < 1.29 is 14.3 Å². The summed E-state index contributed by atoms with van der Waals surface area (Å²) in [5, 5.41) is 6.28. The molecular weight excluding hydrogens is 386 g/mol. The number of aromatic nitrogens is 1. The molecule has 7 heteroatoms. The summed E-state index contributed by atoms with van der Waals surface area (Å²) in [4.78, 5) is 31.8. The Labute approximate surface area is 176 Å². The Kier molecular flexibility index (Phi) is 7.77. The Hall–Kier alpha value is -2.25. The number of carbonyl (C=O) groups excluding carboxylic acids is 2. The molecule has 0 aliphatic carbocycles. The number of rotatable bonds is 8. The first kappa shape index (κ1) is 21.5. The van der Waals surface area contributed by atoms with Crippen molar-refractivity contribution >= 4 is 23.2 Å². The highest BCUT2D eigenvalue weighted by Gasteiger charge is 2.28. The van der Waals surface area contributed by atoms with Crippen LogP contribution in [0.15, 0.2) is 35.7 Å². The van der Waals surface area contributed by atoms with Crippen LogP contribution in [0.25, 0.3) is 0 Å². The van der Waals surface area contributed by atoms with Crippen LogP contribution in [0.4, 0.5) is 0 Å². The first-order valence-corrected chi connectivity index (χ1v) is 11.1. The predicted molar refractivity (Wildman–Crippen MR) is 113 cm³/mol. The van der Waals surface area contributed by atoms with Gasteiger partial charge in [-0.1, -0.05) is 30.3 Å². The molecule has 3 rings (SSSR count). The number of piperidine rings is 1. The smallest absolute Gasteiger partial charge is 0.308 e. The number of benzene rings is 1. The van der Waals surface area contributed by atoms with Gasteiger partial charge in [0.15, 0.2) is 0 Å². The van der Waals surface area contributed by atoms with Crippen molar-refractivity contribution in [3.63, 3.8) is 0 Å². The van der Waals surface area contributed by atoms with Crippen LogP contribution in [0.3, 0.4) is 0 Å². The molecule has 0 bridgehead atoms. The summed E-state index contributed by atoms with van der Waals surface area (Å²) in [6, 6.07) is 9.26. The maximum absolute atomic E-state index is 12.9. The Balaban J connectivity index is 1.55. The van der Waals surface area contributed by atoms with Crippen LogP contribution in [-0.2, 0) is 20.9 Å². The third-order valence-corrected chi connectivity index (χ3v) is 6.03. The van der Waals surface area contributed by atoms with E-state index in [1.165, 1.54) is 0 Å². The highest BCUT2D eigenvalue weighted by atomic mass is 32.1. The molecule has 1 atom stereocenters. The van der Waals surface area contributed by atoms with E-state index < -0.39 is 0 Å². The van der Waals surface area contributed by atoms with Crippen LogP contribution in [0.2, 0.25) is 0 Å². The van der Waals surface area contributed by atoms with Crippen molar-refractivity contribution in [1.29, 1.82) is 0 Å². The van der Waals surface area contributed by atoms with E-state index >= 15 is 0 Å². The second-order valence-electron chi connectivity index (χ2n) is 7.39. The molecule has 156 valence electrons. The van der Waals surface area contributed by atoms with Crippen LogP contribution in [0.1, 0.15) is 48.5 Å². The number of aryl methyl sites for hydroxylation is 1. The lowest BCUT2D eigenvalue weighted by Crippen LogP contribution is -2.41. The molecule has 1 unspecified atom stereocenters. The number of nitrogens with zero attached hydrogens (tertiary/aromatic N) is 2. The average molecular weight is 416 g/mol. The SMILES string of the molecule is CCOC(=O)CC(NC(=O)C1CCN(Cc2csc(C)n2)CC1)c1ccccc1. The van der Waals surface area contributed by atoms with Crippen LogP contribution in [-0.4, -0.2) is 41.5 Å². The molecule has 1 aromatic heterocycles. The topological polar surface area (TPSA) is 71.5 Å². The van der Waals surface area contributed by atoms with E-state index in [0.717, 1.165) is 48.7 Å². The summed E-state index contributed by atoms with van der Waals surface area (Å²) < 4.78 is 5.09. The minimum absolute atomic E-state index is 0.0207. The molecule has 1 amide bonds. The van der Waals surface area contributed by atoms with Gasteiger partial charge < -0.3 is 10.1 Å². The van der Waals surface area contributed by atoms with Crippen LogP contribution < -0.4 is 5.32 Å². The Morgan fingerprint density at radius 2 is 2.00 bits per heavy atom. The third kappa shape index (κ3) is 6.37. The van der Waals surface area contributed by atoms with Crippen molar-refractivity contribution in [3.05, 3.63) is 52.0 Å². The van der Waals surface area contributed by atoms with Gasteiger partial charge in [0.1, 0.15) is 0 Å². The van der Waals surface area contributed by atoms with Crippen LogP contribution in [0, 0.1) is 12.8 Å². The van der Waals surface area contributed by atoms with Gasteiger partial charge in [-0.2, -0.15) is 0 Å². The number of likely N-dealkylation sites (tertiary alicyclic amines) is 1. The summed E-state index contributed by atoms with van der Waals surface area (Å²) in [5.74, 6) is -0.306. The van der Waals surface area contributed by atoms with Crippen molar-refractivity contribution in [2.75, 3.05) is 19.7 Å². The number of hydrogen-bond acceptors (Lipinski definition) is 6. The second kappa shape index (κ2) is 10.5. The zero-order valence-corrected chi connectivity index (χ0v) is 17.9. The van der Waals surface area contributed by atoms with Gasteiger partial charge >= 0.3 is 5.97 Å². The van der Waals surface area contributed by atoms with Crippen molar-refractivity contribution in [1.82, 2.24) is 15.2 Å². The number of nitrogens with one attached hydrogen (secondary N) is 1. The van der Waals surface area contributed by atoms with Crippen molar-refractivity contribution in [2.24, 2.45) is 5.92 Å². The van der Waals surface area contributed by atoms with Gasteiger partial charge in [-0.15, -0.1) is 11.3 Å². The first-order chi connectivity index (χ1) is 14.0. The molecule has 0 spiro atoms. The average Bonchev–Trinajstić information content (AvgIpc) is 3.13. The number of carbonyl (C=O) groups is 2. The van der Waals surface area contributed by atoms with Crippen LogP contribution in [0.5, 0.6) is 0 Å². The van der Waals surface area contributed by atoms with Gasteiger partial charge in [-0.05, 0) is 45.3 Å². The molecule has 2 heterocycles. The van der Waals surface area contributed by atoms with E-state index in [9.17, 15) is 9.59 Å². The molecule has 0 radical (unpaired) electrons. The fourth-order valence-corrected chi connectivity index (χ4v) is 4.28. The van der Waals surface area contributed by atoms with E-state index in [1.807, 2.05) is 37.3 Å². The molecule has 1 fully saturated rings. The largest absolute Gasteiger partial charge is 0.466 e. The molecule has 2 aromatic rings. The van der Waals surface area contributed by atoms with Crippen LogP contribution >= 0.6 is 11.3 Å². The third-order valence-electron chi connectivity index (χ3n) is 5.21. The molecule has 0 saturated carbocycles. The summed E-state index contributed by atoms with van der Waals surface area (Å²) in [6.45, 7) is 6.74. The Morgan fingerprint density at radius 1 is 1.28 bits per heavy atom. The van der Waals surface area contributed by atoms with Gasteiger partial charge in [-0.3, -0.25) is 14.5 Å².